The lowest BCUT2D eigenvalue weighted by molar-refractivity contribution is 0.0698. The zero-order valence-electron chi connectivity index (χ0n) is 12.6. The maximum atomic E-state index is 11.6. The van der Waals surface area contributed by atoms with Crippen LogP contribution in [0.25, 0.3) is 10.9 Å². The first-order valence-electron chi connectivity index (χ1n) is 7.50. The van der Waals surface area contributed by atoms with E-state index in [9.17, 15) is 9.90 Å². The van der Waals surface area contributed by atoms with E-state index >= 15 is 0 Å². The minimum Gasteiger partial charge on any atom is -0.478 e. The molecule has 20 heavy (non-hydrogen) atoms. The van der Waals surface area contributed by atoms with Crippen LogP contribution in [0.5, 0.6) is 0 Å². The molecule has 0 fully saturated rings. The van der Waals surface area contributed by atoms with E-state index in [1.165, 1.54) is 5.56 Å². The fourth-order valence-electron chi connectivity index (χ4n) is 2.72. The van der Waals surface area contributed by atoms with Gasteiger partial charge in [0.05, 0.1) is 11.1 Å². The van der Waals surface area contributed by atoms with Crippen molar-refractivity contribution < 1.29 is 9.90 Å². The number of fused-ring (bicyclic) bond motifs is 1. The summed E-state index contributed by atoms with van der Waals surface area (Å²) in [5.41, 5.74) is 3.67. The quantitative estimate of drug-likeness (QED) is 0.854. The highest BCUT2D eigenvalue weighted by atomic mass is 16.4. The number of carbonyl (C=O) groups is 1. The molecule has 0 bridgehead atoms. The van der Waals surface area contributed by atoms with Crippen molar-refractivity contribution in [2.75, 3.05) is 0 Å². The van der Waals surface area contributed by atoms with Crippen LogP contribution in [0.3, 0.4) is 0 Å². The van der Waals surface area contributed by atoms with Gasteiger partial charge >= 0.3 is 5.97 Å². The SMILES string of the molecule is CCCCn1cc(CC)c2cc(CC)cc(C(=O)O)c21. The topological polar surface area (TPSA) is 42.2 Å². The Kier molecular flexibility index (Phi) is 4.48. The molecule has 0 spiro atoms. The van der Waals surface area contributed by atoms with E-state index in [1.807, 2.05) is 6.07 Å². The molecule has 0 aliphatic heterocycles. The van der Waals surface area contributed by atoms with Gasteiger partial charge in [0.2, 0.25) is 0 Å². The molecule has 2 rings (SSSR count). The monoisotopic (exact) mass is 273 g/mol. The number of carboxylic acids is 1. The van der Waals surface area contributed by atoms with E-state index in [0.29, 0.717) is 5.56 Å². The van der Waals surface area contributed by atoms with Gasteiger partial charge in [-0.25, -0.2) is 4.79 Å². The Bertz CT molecular complexity index is 625. The molecule has 1 N–H and O–H groups in total. The van der Waals surface area contributed by atoms with Gasteiger partial charge in [0.1, 0.15) is 0 Å². The van der Waals surface area contributed by atoms with Crippen LogP contribution in [0.2, 0.25) is 0 Å². The maximum Gasteiger partial charge on any atom is 0.337 e. The van der Waals surface area contributed by atoms with Crippen molar-refractivity contribution >= 4 is 16.9 Å². The zero-order valence-corrected chi connectivity index (χ0v) is 12.6. The Morgan fingerprint density at radius 1 is 1.20 bits per heavy atom. The van der Waals surface area contributed by atoms with Gasteiger partial charge in [-0.3, -0.25) is 0 Å². The van der Waals surface area contributed by atoms with Gasteiger partial charge in [0.25, 0.3) is 0 Å². The molecule has 0 atom stereocenters. The third-order valence-corrected chi connectivity index (χ3v) is 3.89. The van der Waals surface area contributed by atoms with E-state index in [4.69, 9.17) is 0 Å². The number of carboxylic acid groups (broad SMARTS) is 1. The lowest BCUT2D eigenvalue weighted by atomic mass is 10.0. The minimum absolute atomic E-state index is 0.440. The molecule has 0 saturated carbocycles. The second-order valence-electron chi connectivity index (χ2n) is 5.25. The average Bonchev–Trinajstić information content (AvgIpc) is 2.81. The number of aromatic nitrogens is 1. The van der Waals surface area contributed by atoms with E-state index in [2.05, 4.69) is 37.6 Å². The molecule has 3 nitrogen and oxygen atoms in total. The van der Waals surface area contributed by atoms with E-state index < -0.39 is 5.97 Å². The van der Waals surface area contributed by atoms with Crippen molar-refractivity contribution in [1.82, 2.24) is 4.57 Å². The Hall–Kier alpha value is -1.77. The van der Waals surface area contributed by atoms with Crippen LogP contribution in [0.1, 0.15) is 55.1 Å². The van der Waals surface area contributed by atoms with E-state index in [0.717, 1.165) is 48.7 Å². The van der Waals surface area contributed by atoms with E-state index in [-0.39, 0.29) is 0 Å². The number of unbranched alkanes of at least 4 members (excludes halogenated alkanes) is 1. The van der Waals surface area contributed by atoms with Crippen LogP contribution >= 0.6 is 0 Å². The summed E-state index contributed by atoms with van der Waals surface area (Å²) in [6.07, 6.45) is 6.10. The summed E-state index contributed by atoms with van der Waals surface area (Å²) >= 11 is 0. The van der Waals surface area contributed by atoms with Gasteiger partial charge in [-0.1, -0.05) is 27.2 Å². The summed E-state index contributed by atoms with van der Waals surface area (Å²) < 4.78 is 2.13. The highest BCUT2D eigenvalue weighted by Crippen LogP contribution is 2.28. The lowest BCUT2D eigenvalue weighted by Gasteiger charge is -2.08. The molecule has 1 heterocycles. The summed E-state index contributed by atoms with van der Waals surface area (Å²) in [6.45, 7) is 7.23. The molecule has 0 radical (unpaired) electrons. The smallest absolute Gasteiger partial charge is 0.337 e. The average molecular weight is 273 g/mol. The molecule has 0 aliphatic rings. The molecule has 1 aromatic carbocycles. The predicted molar refractivity (Wildman–Crippen MR) is 82.6 cm³/mol. The first-order valence-corrected chi connectivity index (χ1v) is 7.50. The molecule has 0 amide bonds. The Morgan fingerprint density at radius 3 is 2.50 bits per heavy atom. The zero-order chi connectivity index (χ0) is 14.7. The van der Waals surface area contributed by atoms with Gasteiger partial charge < -0.3 is 9.67 Å². The van der Waals surface area contributed by atoms with Gasteiger partial charge in [0, 0.05) is 18.1 Å². The van der Waals surface area contributed by atoms with Gasteiger partial charge in [-0.05, 0) is 42.5 Å². The second kappa shape index (κ2) is 6.12. The summed E-state index contributed by atoms with van der Waals surface area (Å²) in [5.74, 6) is -0.830. The normalized spacial score (nSPS) is 11.2. The van der Waals surface area contributed by atoms with Crippen LogP contribution in [0.15, 0.2) is 18.3 Å². The van der Waals surface area contributed by atoms with Crippen molar-refractivity contribution in [2.24, 2.45) is 0 Å². The predicted octanol–water partition coefficient (Wildman–Crippen LogP) is 4.26. The molecule has 2 aromatic rings. The molecule has 0 aliphatic carbocycles. The van der Waals surface area contributed by atoms with Crippen molar-refractivity contribution in [2.45, 2.75) is 53.0 Å². The third kappa shape index (κ3) is 2.58. The van der Waals surface area contributed by atoms with Crippen molar-refractivity contribution in [3.05, 3.63) is 35.0 Å². The highest BCUT2D eigenvalue weighted by Gasteiger charge is 2.16. The minimum atomic E-state index is -0.830. The third-order valence-electron chi connectivity index (χ3n) is 3.89. The van der Waals surface area contributed by atoms with Crippen molar-refractivity contribution in [3.63, 3.8) is 0 Å². The van der Waals surface area contributed by atoms with Gasteiger partial charge in [-0.15, -0.1) is 0 Å². The first kappa shape index (κ1) is 14.6. The van der Waals surface area contributed by atoms with Gasteiger partial charge in [0.15, 0.2) is 0 Å². The van der Waals surface area contributed by atoms with Crippen LogP contribution in [0, 0.1) is 0 Å². The van der Waals surface area contributed by atoms with Crippen LogP contribution in [-0.2, 0) is 19.4 Å². The molecular weight excluding hydrogens is 250 g/mol. The second-order valence-corrected chi connectivity index (χ2v) is 5.25. The maximum absolute atomic E-state index is 11.6. The standard InChI is InChI=1S/C17H23NO2/c1-4-7-8-18-11-13(6-3)14-9-12(5-2)10-15(16(14)18)17(19)20/h9-11H,4-8H2,1-3H3,(H,19,20). The summed E-state index contributed by atoms with van der Waals surface area (Å²) in [6, 6.07) is 3.98. The number of nitrogens with zero attached hydrogens (tertiary/aromatic N) is 1. The van der Waals surface area contributed by atoms with Gasteiger partial charge in [-0.2, -0.15) is 0 Å². The molecule has 1 aromatic heterocycles. The summed E-state index contributed by atoms with van der Waals surface area (Å²) in [5, 5.41) is 10.6. The van der Waals surface area contributed by atoms with E-state index in [1.54, 1.807) is 0 Å². The number of aromatic carboxylic acids is 1. The van der Waals surface area contributed by atoms with Crippen LogP contribution < -0.4 is 0 Å². The molecular formula is C17H23NO2. The molecule has 0 saturated heterocycles. The molecule has 0 unspecified atom stereocenters. The number of benzene rings is 1. The van der Waals surface area contributed by atoms with Crippen LogP contribution in [0.4, 0.5) is 0 Å². The largest absolute Gasteiger partial charge is 0.478 e. The fourth-order valence-corrected chi connectivity index (χ4v) is 2.72. The highest BCUT2D eigenvalue weighted by molar-refractivity contribution is 6.03. The Labute approximate surface area is 120 Å². The number of hydrogen-bond donors (Lipinski definition) is 1. The Balaban J connectivity index is 2.72. The Morgan fingerprint density at radius 2 is 1.95 bits per heavy atom. The van der Waals surface area contributed by atoms with Crippen molar-refractivity contribution in [1.29, 1.82) is 0 Å². The lowest BCUT2D eigenvalue weighted by Crippen LogP contribution is -2.04. The molecule has 108 valence electrons. The summed E-state index contributed by atoms with van der Waals surface area (Å²) in [4.78, 5) is 11.6. The fraction of sp³-hybridized carbons (Fsp3) is 0.471. The van der Waals surface area contributed by atoms with Crippen LogP contribution in [-0.4, -0.2) is 15.6 Å². The van der Waals surface area contributed by atoms with Crippen molar-refractivity contribution in [3.8, 4) is 0 Å². The number of aryl methyl sites for hydroxylation is 3. The summed E-state index contributed by atoms with van der Waals surface area (Å²) in [7, 11) is 0. The first-order chi connectivity index (χ1) is 9.62. The number of rotatable bonds is 6. The molecule has 3 heteroatoms. The number of hydrogen-bond acceptors (Lipinski definition) is 1.